The van der Waals surface area contributed by atoms with Crippen LogP contribution in [0.2, 0.25) is 0 Å². The monoisotopic (exact) mass is 285 g/mol. The van der Waals surface area contributed by atoms with Crippen LogP contribution in [-0.4, -0.2) is 20.1 Å². The SMILES string of the molecule is Cc1noc(-c2cncnc2Nc2ccc(F)c(C)c2)n1. The van der Waals surface area contributed by atoms with Crippen molar-refractivity contribution in [3.8, 4) is 11.5 Å². The van der Waals surface area contributed by atoms with Gasteiger partial charge in [-0.2, -0.15) is 4.98 Å². The van der Waals surface area contributed by atoms with Gasteiger partial charge in [-0.3, -0.25) is 0 Å². The van der Waals surface area contributed by atoms with Crippen molar-refractivity contribution in [3.63, 3.8) is 0 Å². The fourth-order valence-corrected chi connectivity index (χ4v) is 1.85. The highest BCUT2D eigenvalue weighted by Crippen LogP contribution is 2.26. The van der Waals surface area contributed by atoms with Gasteiger partial charge in [0.05, 0.1) is 0 Å². The van der Waals surface area contributed by atoms with Gasteiger partial charge in [0.1, 0.15) is 23.5 Å². The molecule has 0 aliphatic carbocycles. The van der Waals surface area contributed by atoms with Gasteiger partial charge in [-0.05, 0) is 37.6 Å². The molecule has 0 saturated carbocycles. The van der Waals surface area contributed by atoms with Crippen LogP contribution >= 0.6 is 0 Å². The largest absolute Gasteiger partial charge is 0.339 e. The van der Waals surface area contributed by atoms with E-state index in [0.717, 1.165) is 0 Å². The highest BCUT2D eigenvalue weighted by molar-refractivity contribution is 5.72. The summed E-state index contributed by atoms with van der Waals surface area (Å²) in [6, 6.07) is 4.73. The second kappa shape index (κ2) is 5.28. The van der Waals surface area contributed by atoms with Crippen LogP contribution in [0.15, 0.2) is 35.2 Å². The Kier molecular flexibility index (Phi) is 3.31. The lowest BCUT2D eigenvalue weighted by molar-refractivity contribution is 0.425. The number of benzene rings is 1. The van der Waals surface area contributed by atoms with Crippen LogP contribution in [0.1, 0.15) is 11.4 Å². The predicted molar refractivity (Wildman–Crippen MR) is 74.5 cm³/mol. The van der Waals surface area contributed by atoms with Gasteiger partial charge in [-0.25, -0.2) is 14.4 Å². The molecule has 1 N–H and O–H groups in total. The first kappa shape index (κ1) is 13.2. The summed E-state index contributed by atoms with van der Waals surface area (Å²) in [4.78, 5) is 12.3. The molecule has 106 valence electrons. The maximum absolute atomic E-state index is 13.3. The second-order valence-corrected chi connectivity index (χ2v) is 4.52. The average Bonchev–Trinajstić information content (AvgIpc) is 2.90. The fraction of sp³-hybridized carbons (Fsp3) is 0.143. The van der Waals surface area contributed by atoms with Crippen LogP contribution in [0.3, 0.4) is 0 Å². The predicted octanol–water partition coefficient (Wildman–Crippen LogP) is 3.03. The maximum Gasteiger partial charge on any atom is 0.263 e. The molecule has 0 unspecified atom stereocenters. The van der Waals surface area contributed by atoms with Crippen LogP contribution in [0.4, 0.5) is 15.9 Å². The Bertz CT molecular complexity index is 787. The Morgan fingerprint density at radius 3 is 2.81 bits per heavy atom. The molecule has 3 rings (SSSR count). The van der Waals surface area contributed by atoms with E-state index in [1.165, 1.54) is 12.4 Å². The van der Waals surface area contributed by atoms with Crippen molar-refractivity contribution < 1.29 is 8.91 Å². The van der Waals surface area contributed by atoms with Gasteiger partial charge in [0, 0.05) is 11.9 Å². The Balaban J connectivity index is 1.97. The first-order chi connectivity index (χ1) is 10.1. The van der Waals surface area contributed by atoms with E-state index >= 15 is 0 Å². The van der Waals surface area contributed by atoms with Crippen LogP contribution in [-0.2, 0) is 0 Å². The van der Waals surface area contributed by atoms with Crippen molar-refractivity contribution in [3.05, 3.63) is 47.9 Å². The normalized spacial score (nSPS) is 10.6. The van der Waals surface area contributed by atoms with E-state index in [2.05, 4.69) is 25.4 Å². The van der Waals surface area contributed by atoms with Gasteiger partial charge in [-0.15, -0.1) is 0 Å². The molecule has 0 saturated heterocycles. The van der Waals surface area contributed by atoms with E-state index in [1.54, 1.807) is 32.2 Å². The van der Waals surface area contributed by atoms with E-state index in [0.29, 0.717) is 34.3 Å². The molecular formula is C14H12FN5O. The molecule has 1 aromatic carbocycles. The summed E-state index contributed by atoms with van der Waals surface area (Å²) < 4.78 is 18.4. The topological polar surface area (TPSA) is 76.7 Å². The summed E-state index contributed by atoms with van der Waals surface area (Å²) in [6.07, 6.45) is 2.99. The molecule has 0 amide bonds. The number of aryl methyl sites for hydroxylation is 2. The number of nitrogens with zero attached hydrogens (tertiary/aromatic N) is 4. The van der Waals surface area contributed by atoms with Crippen LogP contribution in [0.25, 0.3) is 11.5 Å². The minimum absolute atomic E-state index is 0.254. The lowest BCUT2D eigenvalue weighted by atomic mass is 10.2. The van der Waals surface area contributed by atoms with Crippen molar-refractivity contribution >= 4 is 11.5 Å². The summed E-state index contributed by atoms with van der Waals surface area (Å²) in [5.74, 6) is 1.11. The summed E-state index contributed by atoms with van der Waals surface area (Å²) in [5, 5.41) is 6.85. The molecule has 7 heteroatoms. The zero-order valence-electron chi connectivity index (χ0n) is 11.5. The highest BCUT2D eigenvalue weighted by atomic mass is 19.1. The Morgan fingerprint density at radius 1 is 1.24 bits per heavy atom. The molecule has 0 aliphatic rings. The first-order valence-corrected chi connectivity index (χ1v) is 6.27. The second-order valence-electron chi connectivity index (χ2n) is 4.52. The number of halogens is 1. The Labute approximate surface area is 120 Å². The van der Waals surface area contributed by atoms with E-state index < -0.39 is 0 Å². The van der Waals surface area contributed by atoms with E-state index in [1.807, 2.05) is 0 Å². The molecule has 6 nitrogen and oxygen atoms in total. The lowest BCUT2D eigenvalue weighted by Crippen LogP contribution is -1.98. The summed E-state index contributed by atoms with van der Waals surface area (Å²) in [7, 11) is 0. The van der Waals surface area contributed by atoms with Crippen molar-refractivity contribution in [1.82, 2.24) is 20.1 Å². The minimum Gasteiger partial charge on any atom is -0.339 e. The lowest BCUT2D eigenvalue weighted by Gasteiger charge is -2.08. The molecule has 0 aliphatic heterocycles. The van der Waals surface area contributed by atoms with Crippen molar-refractivity contribution in [2.75, 3.05) is 5.32 Å². The van der Waals surface area contributed by atoms with Gasteiger partial charge in [0.15, 0.2) is 5.82 Å². The molecule has 0 atom stereocenters. The molecule has 0 bridgehead atoms. The summed E-state index contributed by atoms with van der Waals surface area (Å²) in [5.41, 5.74) is 1.84. The molecule has 0 radical (unpaired) electrons. The Hall–Kier alpha value is -2.83. The number of anilines is 2. The van der Waals surface area contributed by atoms with Gasteiger partial charge in [-0.1, -0.05) is 5.16 Å². The van der Waals surface area contributed by atoms with Gasteiger partial charge < -0.3 is 9.84 Å². The minimum atomic E-state index is -0.254. The van der Waals surface area contributed by atoms with Crippen LogP contribution in [0, 0.1) is 19.7 Å². The number of hydrogen-bond acceptors (Lipinski definition) is 6. The molecule has 2 heterocycles. The van der Waals surface area contributed by atoms with Crippen LogP contribution in [0.5, 0.6) is 0 Å². The number of hydrogen-bond donors (Lipinski definition) is 1. The number of aromatic nitrogens is 4. The van der Waals surface area contributed by atoms with Crippen molar-refractivity contribution in [1.29, 1.82) is 0 Å². The average molecular weight is 285 g/mol. The molecule has 2 aromatic heterocycles. The third kappa shape index (κ3) is 2.71. The van der Waals surface area contributed by atoms with Crippen molar-refractivity contribution in [2.45, 2.75) is 13.8 Å². The van der Waals surface area contributed by atoms with Crippen LogP contribution < -0.4 is 5.32 Å². The number of nitrogens with one attached hydrogen (secondary N) is 1. The third-order valence-electron chi connectivity index (χ3n) is 2.89. The first-order valence-electron chi connectivity index (χ1n) is 6.27. The standard InChI is InChI=1S/C14H12FN5O/c1-8-5-10(3-4-12(8)15)19-13-11(6-16-7-17-13)14-18-9(2)20-21-14/h3-7H,1-2H3,(H,16,17,19). The number of rotatable bonds is 3. The molecule has 21 heavy (non-hydrogen) atoms. The fourth-order valence-electron chi connectivity index (χ4n) is 1.85. The highest BCUT2D eigenvalue weighted by Gasteiger charge is 2.13. The molecule has 0 spiro atoms. The third-order valence-corrected chi connectivity index (χ3v) is 2.89. The quantitative estimate of drug-likeness (QED) is 0.797. The maximum atomic E-state index is 13.3. The molecule has 3 aromatic rings. The summed E-state index contributed by atoms with van der Waals surface area (Å²) >= 11 is 0. The van der Waals surface area contributed by atoms with Gasteiger partial charge >= 0.3 is 0 Å². The molecule has 0 fully saturated rings. The summed E-state index contributed by atoms with van der Waals surface area (Å²) in [6.45, 7) is 3.43. The van der Waals surface area contributed by atoms with Gasteiger partial charge in [0.25, 0.3) is 5.89 Å². The Morgan fingerprint density at radius 2 is 2.10 bits per heavy atom. The van der Waals surface area contributed by atoms with E-state index in [9.17, 15) is 4.39 Å². The van der Waals surface area contributed by atoms with Gasteiger partial charge in [0.2, 0.25) is 0 Å². The van der Waals surface area contributed by atoms with E-state index in [-0.39, 0.29) is 5.82 Å². The molecular weight excluding hydrogens is 273 g/mol. The zero-order chi connectivity index (χ0) is 14.8. The zero-order valence-corrected chi connectivity index (χ0v) is 11.5. The van der Waals surface area contributed by atoms with Crippen molar-refractivity contribution in [2.24, 2.45) is 0 Å². The smallest absolute Gasteiger partial charge is 0.263 e. The van der Waals surface area contributed by atoms with E-state index in [4.69, 9.17) is 4.52 Å².